The van der Waals surface area contributed by atoms with E-state index in [-0.39, 0.29) is 17.9 Å². The molecule has 0 bridgehead atoms. The average molecular weight is 315 g/mol. The Labute approximate surface area is 137 Å². The lowest BCUT2D eigenvalue weighted by molar-refractivity contribution is -0.116. The molecule has 23 heavy (non-hydrogen) atoms. The summed E-state index contributed by atoms with van der Waals surface area (Å²) in [5, 5.41) is 6.31. The molecule has 3 rings (SSSR count). The Morgan fingerprint density at radius 1 is 1.26 bits per heavy atom. The third kappa shape index (κ3) is 3.72. The first-order valence-corrected chi connectivity index (χ1v) is 8.57. The Kier molecular flexibility index (Phi) is 4.96. The van der Waals surface area contributed by atoms with Gasteiger partial charge in [-0.25, -0.2) is 0 Å². The summed E-state index contributed by atoms with van der Waals surface area (Å²) in [5.41, 5.74) is 2.30. The van der Waals surface area contributed by atoms with Crippen LogP contribution in [0.25, 0.3) is 0 Å². The summed E-state index contributed by atoms with van der Waals surface area (Å²) in [6.07, 6.45) is 4.84. The Hall–Kier alpha value is -1.88. The van der Waals surface area contributed by atoms with E-state index < -0.39 is 0 Å². The summed E-state index contributed by atoms with van der Waals surface area (Å²) in [5.74, 6) is 0.0897. The molecule has 5 heteroatoms. The van der Waals surface area contributed by atoms with Crippen LogP contribution in [0.15, 0.2) is 18.2 Å². The minimum absolute atomic E-state index is 0.0123. The number of anilines is 1. The van der Waals surface area contributed by atoms with Crippen molar-refractivity contribution in [3.05, 3.63) is 29.3 Å². The molecule has 2 aliphatic rings. The molecular weight excluding hydrogens is 290 g/mol. The summed E-state index contributed by atoms with van der Waals surface area (Å²) in [4.78, 5) is 26.7. The number of likely N-dealkylation sites (tertiary alicyclic amines) is 1. The van der Waals surface area contributed by atoms with E-state index in [2.05, 4.69) is 10.6 Å². The second-order valence-corrected chi connectivity index (χ2v) is 6.52. The molecular formula is C18H25N3O2. The Morgan fingerprint density at radius 2 is 2.04 bits per heavy atom. The predicted octanol–water partition coefficient (Wildman–Crippen LogP) is 2.31. The highest BCUT2D eigenvalue weighted by atomic mass is 16.2. The number of hydrogen-bond donors (Lipinski definition) is 2. The van der Waals surface area contributed by atoms with Crippen LogP contribution in [0, 0.1) is 6.92 Å². The zero-order valence-corrected chi connectivity index (χ0v) is 13.7. The van der Waals surface area contributed by atoms with Gasteiger partial charge in [-0.15, -0.1) is 0 Å². The zero-order valence-electron chi connectivity index (χ0n) is 13.7. The van der Waals surface area contributed by atoms with Crippen molar-refractivity contribution < 1.29 is 9.59 Å². The van der Waals surface area contributed by atoms with Crippen molar-refractivity contribution in [2.75, 3.05) is 25.0 Å². The molecule has 0 radical (unpaired) electrons. The number of hydrogen-bond acceptors (Lipinski definition) is 3. The van der Waals surface area contributed by atoms with Gasteiger partial charge in [0.25, 0.3) is 5.91 Å². The Balaban J connectivity index is 1.68. The van der Waals surface area contributed by atoms with Crippen molar-refractivity contribution in [3.63, 3.8) is 0 Å². The first-order valence-electron chi connectivity index (χ1n) is 8.57. The van der Waals surface area contributed by atoms with Crippen LogP contribution >= 0.6 is 0 Å². The maximum Gasteiger partial charge on any atom is 0.254 e. The van der Waals surface area contributed by atoms with Gasteiger partial charge in [0.05, 0.1) is 0 Å². The molecule has 1 unspecified atom stereocenters. The first kappa shape index (κ1) is 16.0. The molecule has 1 atom stereocenters. The normalized spacial score (nSPS) is 20.7. The minimum Gasteiger partial charge on any atom is -0.339 e. The SMILES string of the molecule is Cc1c(NC(=O)CC2CCCN2)cccc1C(=O)N1CCCC1. The van der Waals surface area contributed by atoms with Gasteiger partial charge in [0.15, 0.2) is 0 Å². The van der Waals surface area contributed by atoms with Crippen molar-refractivity contribution >= 4 is 17.5 Å². The number of benzene rings is 1. The van der Waals surface area contributed by atoms with Crippen LogP contribution in [0.4, 0.5) is 5.69 Å². The fourth-order valence-electron chi connectivity index (χ4n) is 3.45. The number of rotatable bonds is 4. The molecule has 0 spiro atoms. The molecule has 0 aliphatic carbocycles. The number of nitrogens with one attached hydrogen (secondary N) is 2. The third-order valence-corrected chi connectivity index (χ3v) is 4.83. The maximum absolute atomic E-state index is 12.6. The summed E-state index contributed by atoms with van der Waals surface area (Å²) >= 11 is 0. The van der Waals surface area contributed by atoms with Gasteiger partial charge in [0.2, 0.25) is 5.91 Å². The molecule has 124 valence electrons. The van der Waals surface area contributed by atoms with Crippen molar-refractivity contribution in [1.29, 1.82) is 0 Å². The van der Waals surface area contributed by atoms with Crippen LogP contribution in [0.2, 0.25) is 0 Å². The van der Waals surface area contributed by atoms with E-state index in [1.807, 2.05) is 30.0 Å². The summed E-state index contributed by atoms with van der Waals surface area (Å²) in [7, 11) is 0. The Bertz CT molecular complexity index is 588. The van der Waals surface area contributed by atoms with E-state index in [1.165, 1.54) is 0 Å². The van der Waals surface area contributed by atoms with E-state index in [0.717, 1.165) is 56.6 Å². The standard InChI is InChI=1S/C18H25N3O2/c1-13-15(18(23)21-10-2-3-11-21)7-4-8-16(13)20-17(22)12-14-6-5-9-19-14/h4,7-8,14,19H,2-3,5-6,9-12H2,1H3,(H,20,22). The van der Waals surface area contributed by atoms with Crippen LogP contribution in [-0.4, -0.2) is 42.4 Å². The fraction of sp³-hybridized carbons (Fsp3) is 0.556. The van der Waals surface area contributed by atoms with Gasteiger partial charge >= 0.3 is 0 Å². The topological polar surface area (TPSA) is 61.4 Å². The molecule has 2 saturated heterocycles. The summed E-state index contributed by atoms with van der Waals surface area (Å²) < 4.78 is 0. The van der Waals surface area contributed by atoms with Crippen molar-refractivity contribution in [2.45, 2.75) is 45.1 Å². The van der Waals surface area contributed by atoms with Crippen LogP contribution in [-0.2, 0) is 4.79 Å². The van der Waals surface area contributed by atoms with Crippen molar-refractivity contribution in [3.8, 4) is 0 Å². The second-order valence-electron chi connectivity index (χ2n) is 6.52. The molecule has 2 N–H and O–H groups in total. The molecule has 2 amide bonds. The van der Waals surface area contributed by atoms with Gasteiger partial charge in [-0.3, -0.25) is 9.59 Å². The molecule has 2 fully saturated rings. The van der Waals surface area contributed by atoms with E-state index in [1.54, 1.807) is 0 Å². The van der Waals surface area contributed by atoms with Gasteiger partial charge < -0.3 is 15.5 Å². The van der Waals surface area contributed by atoms with Gasteiger partial charge in [-0.1, -0.05) is 6.07 Å². The second kappa shape index (κ2) is 7.13. The lowest BCUT2D eigenvalue weighted by atomic mass is 10.0. The van der Waals surface area contributed by atoms with Crippen LogP contribution < -0.4 is 10.6 Å². The Morgan fingerprint density at radius 3 is 2.74 bits per heavy atom. The molecule has 2 heterocycles. The van der Waals surface area contributed by atoms with Gasteiger partial charge in [0.1, 0.15) is 0 Å². The highest BCUT2D eigenvalue weighted by molar-refractivity contribution is 5.99. The number of amides is 2. The molecule has 2 aliphatic heterocycles. The predicted molar refractivity (Wildman–Crippen MR) is 90.6 cm³/mol. The fourth-order valence-corrected chi connectivity index (χ4v) is 3.45. The summed E-state index contributed by atoms with van der Waals surface area (Å²) in [6, 6.07) is 5.85. The maximum atomic E-state index is 12.6. The van der Waals surface area contributed by atoms with Gasteiger partial charge in [-0.05, 0) is 56.8 Å². The minimum atomic E-state index is 0.0123. The van der Waals surface area contributed by atoms with Gasteiger partial charge in [-0.2, -0.15) is 0 Å². The van der Waals surface area contributed by atoms with E-state index in [9.17, 15) is 9.59 Å². The largest absolute Gasteiger partial charge is 0.339 e. The van der Waals surface area contributed by atoms with Gasteiger partial charge in [0, 0.05) is 36.8 Å². The lowest BCUT2D eigenvalue weighted by Crippen LogP contribution is -2.29. The van der Waals surface area contributed by atoms with Crippen LogP contribution in [0.1, 0.15) is 48.0 Å². The number of nitrogens with zero attached hydrogens (tertiary/aromatic N) is 1. The van der Waals surface area contributed by atoms with E-state index in [4.69, 9.17) is 0 Å². The molecule has 0 aromatic heterocycles. The molecule has 0 saturated carbocycles. The van der Waals surface area contributed by atoms with Crippen molar-refractivity contribution in [1.82, 2.24) is 10.2 Å². The third-order valence-electron chi connectivity index (χ3n) is 4.83. The lowest BCUT2D eigenvalue weighted by Gasteiger charge is -2.18. The summed E-state index contributed by atoms with van der Waals surface area (Å²) in [6.45, 7) is 4.58. The van der Waals surface area contributed by atoms with Crippen LogP contribution in [0.3, 0.4) is 0 Å². The quantitative estimate of drug-likeness (QED) is 0.896. The van der Waals surface area contributed by atoms with E-state index in [0.29, 0.717) is 12.0 Å². The number of carbonyl (C=O) groups excluding carboxylic acids is 2. The first-order chi connectivity index (χ1) is 11.1. The van der Waals surface area contributed by atoms with Crippen LogP contribution in [0.5, 0.6) is 0 Å². The smallest absolute Gasteiger partial charge is 0.254 e. The zero-order chi connectivity index (χ0) is 16.2. The van der Waals surface area contributed by atoms with E-state index >= 15 is 0 Å². The average Bonchev–Trinajstić information content (AvgIpc) is 3.22. The molecule has 1 aromatic carbocycles. The molecule has 1 aromatic rings. The highest BCUT2D eigenvalue weighted by Gasteiger charge is 2.22. The monoisotopic (exact) mass is 315 g/mol. The highest BCUT2D eigenvalue weighted by Crippen LogP contribution is 2.22. The molecule has 5 nitrogen and oxygen atoms in total. The number of carbonyl (C=O) groups is 2. The van der Waals surface area contributed by atoms with Crippen molar-refractivity contribution in [2.24, 2.45) is 0 Å².